The minimum Gasteiger partial charge on any atom is -0.748 e. The Hall–Kier alpha value is -3.03. The zero-order valence-corrected chi connectivity index (χ0v) is 35.8. The largest absolute Gasteiger partial charge is 0.748 e. The summed E-state index contributed by atoms with van der Waals surface area (Å²) in [7, 11) is -18.3. The third-order valence-electron chi connectivity index (χ3n) is 9.80. The van der Waals surface area contributed by atoms with E-state index in [-0.39, 0.29) is 37.0 Å². The molecule has 2 aromatic carbocycles. The molecule has 2 unspecified atom stereocenters. The van der Waals surface area contributed by atoms with Crippen molar-refractivity contribution in [2.24, 2.45) is 0 Å². The molecule has 0 spiro atoms. The fourth-order valence-corrected chi connectivity index (χ4v) is 11.6. The minimum atomic E-state index is -4.87. The molecule has 4 rings (SSSR count). The highest BCUT2D eigenvalue weighted by Gasteiger charge is 2.43. The first-order valence-corrected chi connectivity index (χ1v) is 25.5. The molecule has 0 amide bonds. The van der Waals surface area contributed by atoms with E-state index in [0.29, 0.717) is 54.0 Å². The van der Waals surface area contributed by atoms with Crippen LogP contribution in [-0.4, -0.2) is 84.5 Å². The van der Waals surface area contributed by atoms with Crippen LogP contribution in [0.1, 0.15) is 76.3 Å². The van der Waals surface area contributed by atoms with Crippen molar-refractivity contribution >= 4 is 82.3 Å². The predicted molar refractivity (Wildman–Crippen MR) is 217 cm³/mol. The highest BCUT2D eigenvalue weighted by atomic mass is 127. The summed E-state index contributed by atoms with van der Waals surface area (Å²) in [5.41, 5.74) is 0.790. The van der Waals surface area contributed by atoms with E-state index in [2.05, 4.69) is 3.53 Å². The Morgan fingerprint density at radius 3 is 2.07 bits per heavy atom. The summed E-state index contributed by atoms with van der Waals surface area (Å²) in [6.45, 7) is 3.94. The SMILES string of the molecule is CC1(CCCS(=O)(=O)O)C(/C=C/C=C/C=C2/N(CCCCCC(=O)O)c3ccc(S(=O)(=O)[O-])cc3C2(C)CCCS(=O)(=O)[O-])=INc2ccc(S(=O)(=O)O)cc21. The number of carbonyl (C=O) groups is 1. The summed E-state index contributed by atoms with van der Waals surface area (Å²) >= 11 is -0.934. The molecule has 0 aliphatic carbocycles. The summed E-state index contributed by atoms with van der Waals surface area (Å²) in [6, 6.07) is 8.06. The molecule has 0 radical (unpaired) electrons. The van der Waals surface area contributed by atoms with Crippen molar-refractivity contribution in [2.75, 3.05) is 26.5 Å². The van der Waals surface area contributed by atoms with Crippen LogP contribution in [0.25, 0.3) is 0 Å². The number of halogens is 1. The maximum atomic E-state index is 12.1. The number of carboxylic acids is 1. The third-order valence-corrected chi connectivity index (χ3v) is 16.1. The van der Waals surface area contributed by atoms with Gasteiger partial charge in [-0.05, 0) is 99.0 Å². The number of allylic oxidation sites excluding steroid dienone is 6. The Labute approximate surface area is 337 Å². The van der Waals surface area contributed by atoms with Gasteiger partial charge in [0.15, 0.2) is 0 Å². The molecule has 0 aromatic heterocycles. The van der Waals surface area contributed by atoms with Crippen LogP contribution in [0.15, 0.2) is 82.3 Å². The fraction of sp³-hybridized carbons (Fsp3) is 0.429. The highest BCUT2D eigenvalue weighted by Crippen LogP contribution is 2.51. The van der Waals surface area contributed by atoms with Crippen LogP contribution in [-0.2, 0) is 56.1 Å². The normalized spacial score (nSPS) is 21.1. The van der Waals surface area contributed by atoms with Crippen LogP contribution in [0.4, 0.5) is 11.4 Å². The Bertz CT molecular complexity index is 2410. The van der Waals surface area contributed by atoms with Crippen molar-refractivity contribution in [3.63, 3.8) is 0 Å². The number of rotatable bonds is 19. The zero-order valence-electron chi connectivity index (χ0n) is 30.4. The first-order valence-electron chi connectivity index (χ1n) is 17.3. The number of unbranched alkanes of at least 4 members (excludes halogenated alkanes) is 2. The lowest BCUT2D eigenvalue weighted by atomic mass is 9.75. The van der Waals surface area contributed by atoms with Crippen LogP contribution < -0.4 is 8.43 Å². The van der Waals surface area contributed by atoms with E-state index in [9.17, 15) is 56.7 Å². The Morgan fingerprint density at radius 1 is 0.804 bits per heavy atom. The number of nitrogens with one attached hydrogen (secondary N) is 1. The Morgan fingerprint density at radius 2 is 1.45 bits per heavy atom. The van der Waals surface area contributed by atoms with Crippen LogP contribution >= 0.6 is 21.0 Å². The average molecular weight is 971 g/mol. The Kier molecular flexibility index (Phi) is 14.6. The van der Waals surface area contributed by atoms with Gasteiger partial charge in [-0.15, -0.1) is 0 Å². The standard InChI is InChI=1S/C35H45IN2O14S4/c1-34(18-9-21-53(41,42)43)27-23-25(55(47,48)49)14-16-29(27)37-36-31(34)11-5-3-6-12-32-35(2,19-10-22-54(44,45)46)28-24-26(56(50,51)52)15-17-30(28)38(32)20-8-4-7-13-33(39)40/h3,5-6,11-12,14-17,23-24,37H,4,7-10,13,18-22H2,1-2H3,(H,39,40)(H,41,42,43)(H,44,45,46)(H,47,48,49)(H,50,51,52)/p-2/b6-3+,11-5+,32-12+. The second-order valence-corrected chi connectivity index (χ2v) is 22.1. The number of carboxylic acid groups (broad SMARTS) is 1. The molecule has 2 aliphatic heterocycles. The second kappa shape index (κ2) is 17.9. The highest BCUT2D eigenvalue weighted by molar-refractivity contribution is 14.2. The summed E-state index contributed by atoms with van der Waals surface area (Å²) in [6.07, 6.45) is 10.4. The maximum Gasteiger partial charge on any atom is 0.303 e. The molecule has 2 aromatic rings. The molecule has 56 heavy (non-hydrogen) atoms. The van der Waals surface area contributed by atoms with Gasteiger partial charge in [0.1, 0.15) is 10.1 Å². The molecule has 2 aliphatic rings. The molecule has 0 bridgehead atoms. The molecular weight excluding hydrogens is 928 g/mol. The van der Waals surface area contributed by atoms with Gasteiger partial charge in [-0.3, -0.25) is 13.9 Å². The van der Waals surface area contributed by atoms with E-state index in [4.69, 9.17) is 5.11 Å². The van der Waals surface area contributed by atoms with E-state index >= 15 is 0 Å². The van der Waals surface area contributed by atoms with Crippen LogP contribution in [0.5, 0.6) is 0 Å². The van der Waals surface area contributed by atoms with E-state index < -0.39 is 94.7 Å². The first kappa shape index (κ1) is 45.7. The van der Waals surface area contributed by atoms with Gasteiger partial charge in [0, 0.05) is 71.1 Å². The van der Waals surface area contributed by atoms with Crippen LogP contribution in [0, 0.1) is 0 Å². The van der Waals surface area contributed by atoms with Crippen molar-refractivity contribution in [3.8, 4) is 0 Å². The van der Waals surface area contributed by atoms with Crippen molar-refractivity contribution < 1.29 is 61.8 Å². The van der Waals surface area contributed by atoms with Gasteiger partial charge in [-0.25, -0.2) is 16.8 Å². The number of hydrogen-bond donors (Lipinski definition) is 4. The number of aliphatic carboxylic acids is 1. The smallest absolute Gasteiger partial charge is 0.303 e. The second-order valence-electron chi connectivity index (χ2n) is 13.9. The van der Waals surface area contributed by atoms with Gasteiger partial charge < -0.3 is 22.6 Å². The van der Waals surface area contributed by atoms with Gasteiger partial charge in [0.2, 0.25) is 0 Å². The number of hydrogen-bond acceptors (Lipinski definition) is 13. The van der Waals surface area contributed by atoms with E-state index in [1.54, 1.807) is 37.3 Å². The summed E-state index contributed by atoms with van der Waals surface area (Å²) in [5, 5.41) is 9.06. The lowest BCUT2D eigenvalue weighted by Gasteiger charge is -2.36. The van der Waals surface area contributed by atoms with Gasteiger partial charge in [0.25, 0.3) is 20.2 Å². The molecule has 0 fully saturated rings. The number of benzene rings is 2. The summed E-state index contributed by atoms with van der Waals surface area (Å²) < 4.78 is 141. The lowest BCUT2D eigenvalue weighted by molar-refractivity contribution is -0.137. The molecular formula is C35H43IN2O14S4-2. The average Bonchev–Trinajstić information content (AvgIpc) is 3.29. The lowest BCUT2D eigenvalue weighted by Crippen LogP contribution is -2.34. The Balaban J connectivity index is 1.74. The van der Waals surface area contributed by atoms with Gasteiger partial charge in [-0.2, -0.15) is 16.8 Å². The molecule has 0 saturated heterocycles. The third kappa shape index (κ3) is 11.8. The van der Waals surface area contributed by atoms with Crippen molar-refractivity contribution in [1.29, 1.82) is 0 Å². The molecule has 2 heterocycles. The quantitative estimate of drug-likeness (QED) is 0.0474. The maximum absolute atomic E-state index is 12.1. The first-order chi connectivity index (χ1) is 25.8. The predicted octanol–water partition coefficient (Wildman–Crippen LogP) is 4.99. The van der Waals surface area contributed by atoms with Crippen molar-refractivity contribution in [1.82, 2.24) is 0 Å². The fourth-order valence-electron chi connectivity index (χ4n) is 7.00. The van der Waals surface area contributed by atoms with Crippen LogP contribution in [0.2, 0.25) is 0 Å². The van der Waals surface area contributed by atoms with Crippen molar-refractivity contribution in [3.05, 3.63) is 83.6 Å². The van der Waals surface area contributed by atoms with E-state index in [0.717, 1.165) is 3.51 Å². The molecule has 2 atom stereocenters. The summed E-state index contributed by atoms with van der Waals surface area (Å²) in [4.78, 5) is 12.1. The summed E-state index contributed by atoms with van der Waals surface area (Å²) in [5.74, 6) is -2.13. The number of anilines is 2. The molecule has 310 valence electrons. The van der Waals surface area contributed by atoms with Crippen LogP contribution in [0.3, 0.4) is 0 Å². The van der Waals surface area contributed by atoms with E-state index in [1.807, 2.05) is 11.8 Å². The molecule has 4 N–H and O–H groups in total. The monoisotopic (exact) mass is 970 g/mol. The number of nitrogens with zero attached hydrogens (tertiary/aromatic N) is 1. The molecule has 16 nitrogen and oxygen atoms in total. The zero-order chi connectivity index (χ0) is 41.7. The van der Waals surface area contributed by atoms with E-state index in [1.165, 1.54) is 36.4 Å². The van der Waals surface area contributed by atoms with Gasteiger partial charge >= 0.3 is 5.97 Å². The topological polar surface area (TPSA) is 276 Å². The van der Waals surface area contributed by atoms with Gasteiger partial charge in [-0.1, -0.05) is 37.6 Å². The molecule has 21 heteroatoms. The number of fused-ring (bicyclic) bond motifs is 2. The molecule has 0 saturated carbocycles. The van der Waals surface area contributed by atoms with Crippen molar-refractivity contribution in [2.45, 2.75) is 85.8 Å². The minimum absolute atomic E-state index is 0.0237. The van der Waals surface area contributed by atoms with Gasteiger partial charge in [0.05, 0.1) is 25.7 Å².